The van der Waals surface area contributed by atoms with Crippen LogP contribution in [0, 0.1) is 0 Å². The number of rotatable bonds is 2. The van der Waals surface area contributed by atoms with Gasteiger partial charge < -0.3 is 20.8 Å². The van der Waals surface area contributed by atoms with E-state index in [0.717, 1.165) is 5.69 Å². The topological polar surface area (TPSA) is 73.1 Å². The van der Waals surface area contributed by atoms with Crippen LogP contribution in [-0.2, 0) is 37.5 Å². The first-order chi connectivity index (χ1) is 6.16. The third-order valence-electron chi connectivity index (χ3n) is 0.969. The maximum Gasteiger partial charge on any atom is 0.158 e. The quantitative estimate of drug-likeness (QED) is 0.481. The fourth-order valence-corrected chi connectivity index (χ4v) is 0.580. The van der Waals surface area contributed by atoms with Crippen LogP contribution in [-0.4, -0.2) is 18.5 Å². The fourth-order valence-electron chi connectivity index (χ4n) is 0.580. The van der Waals surface area contributed by atoms with Crippen molar-refractivity contribution in [2.45, 2.75) is 6.82 Å². The van der Waals surface area contributed by atoms with Gasteiger partial charge >= 0.3 is 0 Å². The number of hydrogen-bond acceptors (Lipinski definition) is 2. The van der Waals surface area contributed by atoms with Crippen LogP contribution in [0.1, 0.15) is 0 Å². The van der Waals surface area contributed by atoms with E-state index in [9.17, 15) is 4.79 Å². The van der Waals surface area contributed by atoms with Crippen molar-refractivity contribution in [3.8, 4) is 0 Å². The molecule has 0 aliphatic carbocycles. The summed E-state index contributed by atoms with van der Waals surface area (Å²) >= 11 is 0. The summed E-state index contributed by atoms with van der Waals surface area (Å²) in [6.07, 6.45) is 1.58. The standard InChI is InChI=1S/C7H6NO.CH5BNO.Y/c9-6-8-7-4-2-1-3-5-7;1-2(3)4;/h1-5H,(H,8,9);3-4H,1H3;/q2*-1;. The molecule has 4 nitrogen and oxygen atoms in total. The Hall–Kier alpha value is -0.221. The minimum absolute atomic E-state index is 0. The molecule has 0 fully saturated rings. The number of nitrogens with one attached hydrogen (secondary N) is 2. The molecule has 1 radical (unpaired) electrons. The Bertz CT molecular complexity index is 231. The van der Waals surface area contributed by atoms with Gasteiger partial charge in [0.15, 0.2) is 7.05 Å². The van der Waals surface area contributed by atoms with Crippen molar-refractivity contribution in [1.82, 2.24) is 0 Å². The van der Waals surface area contributed by atoms with E-state index in [2.05, 4.69) is 5.32 Å². The Morgan fingerprint density at radius 1 is 1.43 bits per heavy atom. The molecule has 0 heterocycles. The molecule has 0 spiro atoms. The van der Waals surface area contributed by atoms with Crippen LogP contribution in [0.15, 0.2) is 30.3 Å². The summed E-state index contributed by atoms with van der Waals surface area (Å²) in [4.78, 5) is 9.74. The number of hydrogen-bond donors (Lipinski definition) is 2. The third kappa shape index (κ3) is 11.8. The van der Waals surface area contributed by atoms with Crippen molar-refractivity contribution in [3.05, 3.63) is 36.0 Å². The molecule has 1 rings (SSSR count). The molecule has 0 saturated heterocycles. The molecule has 14 heavy (non-hydrogen) atoms. The van der Waals surface area contributed by atoms with Crippen LogP contribution in [0.2, 0.25) is 6.82 Å². The first-order valence-corrected chi connectivity index (χ1v) is 3.74. The summed E-state index contributed by atoms with van der Waals surface area (Å²) in [5.74, 6) is 0. The van der Waals surface area contributed by atoms with Crippen molar-refractivity contribution < 1.29 is 42.5 Å². The third-order valence-corrected chi connectivity index (χ3v) is 0.969. The second-order valence-corrected chi connectivity index (χ2v) is 2.27. The Balaban J connectivity index is 0. The van der Waals surface area contributed by atoms with Crippen molar-refractivity contribution in [1.29, 1.82) is 0 Å². The van der Waals surface area contributed by atoms with E-state index in [1.54, 1.807) is 18.5 Å². The van der Waals surface area contributed by atoms with Crippen molar-refractivity contribution in [3.63, 3.8) is 0 Å². The zero-order chi connectivity index (χ0) is 10.1. The molecule has 0 aliphatic rings. The molecule has 0 bridgehead atoms. The SMILES string of the molecule is CB([NH-])O.O=[C-]Nc1ccccc1.[Y]. The number of benzene rings is 1. The Morgan fingerprint density at radius 2 is 1.86 bits per heavy atom. The summed E-state index contributed by atoms with van der Waals surface area (Å²) in [6.45, 7) is 1.39. The molecule has 3 N–H and O–H groups in total. The molecule has 1 aromatic rings. The van der Waals surface area contributed by atoms with Crippen LogP contribution in [0.3, 0.4) is 0 Å². The van der Waals surface area contributed by atoms with Gasteiger partial charge in [-0.1, -0.05) is 25.0 Å². The predicted octanol–water partition coefficient (Wildman–Crippen LogP) is 1.31. The smallest absolute Gasteiger partial charge is 0.158 e. The van der Waals surface area contributed by atoms with Gasteiger partial charge in [-0.25, -0.2) is 0 Å². The molecular weight excluding hydrogens is 256 g/mol. The Labute approximate surface area is 109 Å². The van der Waals surface area contributed by atoms with E-state index < -0.39 is 7.05 Å². The number of para-hydroxylation sites is 1. The van der Waals surface area contributed by atoms with E-state index >= 15 is 0 Å². The van der Waals surface area contributed by atoms with Gasteiger partial charge in [-0.2, -0.15) is 0 Å². The number of anilines is 1. The predicted molar refractivity (Wildman–Crippen MR) is 53.9 cm³/mol. The van der Waals surface area contributed by atoms with Gasteiger partial charge in [-0.05, 0) is 0 Å². The number of carbonyl (C=O) groups excluding carboxylic acids is 1. The molecule has 6 heteroatoms. The monoisotopic (exact) mass is 267 g/mol. The van der Waals surface area contributed by atoms with Crippen molar-refractivity contribution >= 4 is 19.1 Å². The van der Waals surface area contributed by atoms with Gasteiger partial charge in [0, 0.05) is 32.7 Å². The first kappa shape index (κ1) is 16.2. The molecule has 0 unspecified atom stereocenters. The molecular formula is C8H11BN2O2Y-2. The second-order valence-electron chi connectivity index (χ2n) is 2.27. The molecule has 0 saturated carbocycles. The summed E-state index contributed by atoms with van der Waals surface area (Å²) < 4.78 is 0. The van der Waals surface area contributed by atoms with Crippen molar-refractivity contribution in [2.75, 3.05) is 5.32 Å². The summed E-state index contributed by atoms with van der Waals surface area (Å²) in [5.41, 5.74) is 6.91. The second kappa shape index (κ2) is 10.9. The largest absolute Gasteiger partial charge is 0.676 e. The molecule has 1 amide bonds. The molecule has 0 atom stereocenters. The van der Waals surface area contributed by atoms with Gasteiger partial charge in [-0.15, -0.1) is 17.8 Å². The van der Waals surface area contributed by atoms with E-state index in [-0.39, 0.29) is 32.7 Å². The van der Waals surface area contributed by atoms with Gasteiger partial charge in [0.1, 0.15) is 0 Å². The summed E-state index contributed by atoms with van der Waals surface area (Å²) in [7, 11) is -0.917. The summed E-state index contributed by atoms with van der Waals surface area (Å²) in [6, 6.07) is 9.17. The van der Waals surface area contributed by atoms with Gasteiger partial charge in [0.25, 0.3) is 0 Å². The molecule has 0 aliphatic heterocycles. The van der Waals surface area contributed by atoms with E-state index in [0.29, 0.717) is 0 Å². The zero-order valence-electron chi connectivity index (χ0n) is 7.90. The number of amides is 1. The summed E-state index contributed by atoms with van der Waals surface area (Å²) in [5, 5.41) is 10.1. The Kier molecular flexibility index (Phi) is 12.6. The maximum absolute atomic E-state index is 9.74. The first-order valence-electron chi connectivity index (χ1n) is 3.74. The molecule has 1 aromatic carbocycles. The van der Waals surface area contributed by atoms with Crippen LogP contribution < -0.4 is 5.32 Å². The fraction of sp³-hybridized carbons (Fsp3) is 0.125. The normalized spacial score (nSPS) is 7.36. The van der Waals surface area contributed by atoms with E-state index in [1.807, 2.05) is 18.2 Å². The molecule has 0 aromatic heterocycles. The zero-order valence-corrected chi connectivity index (χ0v) is 10.7. The molecule has 73 valence electrons. The average Bonchev–Trinajstić information content (AvgIpc) is 2.06. The van der Waals surface area contributed by atoms with Crippen molar-refractivity contribution in [2.24, 2.45) is 0 Å². The maximum atomic E-state index is 9.74. The van der Waals surface area contributed by atoms with Crippen LogP contribution >= 0.6 is 0 Å². The van der Waals surface area contributed by atoms with Gasteiger partial charge in [0.05, 0.1) is 6.41 Å². The van der Waals surface area contributed by atoms with E-state index in [4.69, 9.17) is 10.7 Å². The van der Waals surface area contributed by atoms with Crippen LogP contribution in [0.4, 0.5) is 5.69 Å². The Morgan fingerprint density at radius 3 is 2.21 bits per heavy atom. The van der Waals surface area contributed by atoms with Crippen LogP contribution in [0.25, 0.3) is 5.64 Å². The van der Waals surface area contributed by atoms with E-state index in [1.165, 1.54) is 6.82 Å². The van der Waals surface area contributed by atoms with Crippen LogP contribution in [0.5, 0.6) is 0 Å². The average molecular weight is 267 g/mol. The van der Waals surface area contributed by atoms with Gasteiger partial charge in [0.2, 0.25) is 0 Å². The minimum atomic E-state index is -0.917. The minimum Gasteiger partial charge on any atom is -0.676 e. The van der Waals surface area contributed by atoms with Gasteiger partial charge in [-0.3, -0.25) is 0 Å².